The first kappa shape index (κ1) is 24.9. The SMILES string of the molecule is CCc1ccc(S(=O)(=O)NC2c3cc(NC(=O)c4cccc(OC)c4)ccc3CCCC2O)cc1. The number of aliphatic hydroxyl groups is 1. The van der Waals surface area contributed by atoms with Crippen LogP contribution in [0.3, 0.4) is 0 Å². The molecule has 3 aromatic carbocycles. The van der Waals surface area contributed by atoms with Gasteiger partial charge in [0.15, 0.2) is 0 Å². The van der Waals surface area contributed by atoms with Gasteiger partial charge in [-0.15, -0.1) is 0 Å². The van der Waals surface area contributed by atoms with Crippen LogP contribution in [0.15, 0.2) is 71.6 Å². The maximum absolute atomic E-state index is 13.2. The van der Waals surface area contributed by atoms with Gasteiger partial charge in [0.05, 0.1) is 24.2 Å². The third-order valence-electron chi connectivity index (χ3n) is 6.33. The fourth-order valence-corrected chi connectivity index (χ4v) is 5.56. The van der Waals surface area contributed by atoms with Crippen LogP contribution < -0.4 is 14.8 Å². The van der Waals surface area contributed by atoms with Crippen molar-refractivity contribution in [3.8, 4) is 5.75 Å². The number of carbonyl (C=O) groups is 1. The molecule has 8 heteroatoms. The number of carbonyl (C=O) groups excluding carboxylic acids is 1. The lowest BCUT2D eigenvalue weighted by molar-refractivity contribution is 0.102. The minimum absolute atomic E-state index is 0.148. The molecule has 0 heterocycles. The molecule has 0 bridgehead atoms. The van der Waals surface area contributed by atoms with E-state index >= 15 is 0 Å². The van der Waals surface area contributed by atoms with E-state index in [1.165, 1.54) is 7.11 Å². The van der Waals surface area contributed by atoms with Gasteiger partial charge >= 0.3 is 0 Å². The number of anilines is 1. The largest absolute Gasteiger partial charge is 0.497 e. The van der Waals surface area contributed by atoms with Crippen molar-refractivity contribution in [2.24, 2.45) is 0 Å². The lowest BCUT2D eigenvalue weighted by atomic mass is 9.97. The van der Waals surface area contributed by atoms with Crippen molar-refractivity contribution in [3.63, 3.8) is 0 Å². The van der Waals surface area contributed by atoms with E-state index in [1.54, 1.807) is 60.7 Å². The van der Waals surface area contributed by atoms with Gasteiger partial charge in [0.2, 0.25) is 10.0 Å². The van der Waals surface area contributed by atoms with Crippen LogP contribution in [0.25, 0.3) is 0 Å². The molecule has 0 saturated carbocycles. The van der Waals surface area contributed by atoms with Crippen LogP contribution >= 0.6 is 0 Å². The van der Waals surface area contributed by atoms with Gasteiger partial charge in [-0.3, -0.25) is 4.79 Å². The van der Waals surface area contributed by atoms with Crippen molar-refractivity contribution in [2.45, 2.75) is 49.6 Å². The molecule has 7 nitrogen and oxygen atoms in total. The molecule has 35 heavy (non-hydrogen) atoms. The summed E-state index contributed by atoms with van der Waals surface area (Å²) in [6, 6.07) is 18.1. The van der Waals surface area contributed by atoms with Gasteiger partial charge in [0.1, 0.15) is 5.75 Å². The zero-order valence-corrected chi connectivity index (χ0v) is 20.6. The first-order chi connectivity index (χ1) is 16.8. The van der Waals surface area contributed by atoms with Crippen molar-refractivity contribution in [3.05, 3.63) is 89.0 Å². The Labute approximate surface area is 206 Å². The summed E-state index contributed by atoms with van der Waals surface area (Å²) in [4.78, 5) is 13.0. The van der Waals surface area contributed by atoms with Crippen LogP contribution in [0.2, 0.25) is 0 Å². The lowest BCUT2D eigenvalue weighted by Gasteiger charge is -2.24. The molecule has 1 amide bonds. The standard InChI is InChI=1S/C27H30N2O5S/c1-3-18-10-14-23(15-11-18)35(32,33)29-26-24-17-21(13-12-19(24)6-5-9-25(26)30)28-27(31)20-7-4-8-22(16-20)34-2/h4,7-8,10-17,25-26,29-30H,3,5-6,9H2,1-2H3,(H,28,31). The van der Waals surface area contributed by atoms with Crippen molar-refractivity contribution in [2.75, 3.05) is 12.4 Å². The lowest BCUT2D eigenvalue weighted by Crippen LogP contribution is -2.36. The molecule has 2 unspecified atom stereocenters. The zero-order chi connectivity index (χ0) is 25.0. The number of aliphatic hydroxyl groups excluding tert-OH is 1. The van der Waals surface area contributed by atoms with Gasteiger partial charge in [0, 0.05) is 11.3 Å². The molecule has 3 N–H and O–H groups in total. The van der Waals surface area contributed by atoms with Crippen molar-refractivity contribution in [1.29, 1.82) is 0 Å². The van der Waals surface area contributed by atoms with E-state index in [0.29, 0.717) is 35.4 Å². The van der Waals surface area contributed by atoms with Gasteiger partial charge in [-0.25, -0.2) is 13.1 Å². The summed E-state index contributed by atoms with van der Waals surface area (Å²) in [5.74, 6) is 0.260. The molecule has 0 spiro atoms. The van der Waals surface area contributed by atoms with Gasteiger partial charge in [-0.2, -0.15) is 0 Å². The molecule has 4 rings (SSSR count). The van der Waals surface area contributed by atoms with Crippen molar-refractivity contribution in [1.82, 2.24) is 4.72 Å². The minimum atomic E-state index is -3.87. The van der Waals surface area contributed by atoms with Gasteiger partial charge in [-0.1, -0.05) is 31.2 Å². The highest BCUT2D eigenvalue weighted by Crippen LogP contribution is 2.33. The van der Waals surface area contributed by atoms with E-state index < -0.39 is 22.2 Å². The Morgan fingerprint density at radius 1 is 1.09 bits per heavy atom. The molecule has 1 aliphatic rings. The third-order valence-corrected chi connectivity index (χ3v) is 7.78. The normalized spacial score (nSPS) is 17.8. The molecule has 0 radical (unpaired) electrons. The molecule has 1 aliphatic carbocycles. The molecular formula is C27H30N2O5S. The Kier molecular flexibility index (Phi) is 7.54. The van der Waals surface area contributed by atoms with Crippen LogP contribution in [0, 0.1) is 0 Å². The van der Waals surface area contributed by atoms with Crippen LogP contribution in [0.1, 0.15) is 52.9 Å². The summed E-state index contributed by atoms with van der Waals surface area (Å²) >= 11 is 0. The number of hydrogen-bond donors (Lipinski definition) is 3. The Balaban J connectivity index is 1.62. The average molecular weight is 495 g/mol. The summed E-state index contributed by atoms with van der Waals surface area (Å²) in [7, 11) is -2.34. The number of fused-ring (bicyclic) bond motifs is 1. The summed E-state index contributed by atoms with van der Waals surface area (Å²) in [6.45, 7) is 2.01. The smallest absolute Gasteiger partial charge is 0.255 e. The first-order valence-corrected chi connectivity index (χ1v) is 13.2. The van der Waals surface area contributed by atoms with E-state index in [4.69, 9.17) is 4.74 Å². The number of ether oxygens (including phenoxy) is 1. The molecule has 0 aromatic heterocycles. The van der Waals surface area contributed by atoms with Crippen LogP contribution in [-0.4, -0.2) is 32.6 Å². The van der Waals surface area contributed by atoms with Crippen LogP contribution in [-0.2, 0) is 22.9 Å². The van der Waals surface area contributed by atoms with Gasteiger partial charge in [0.25, 0.3) is 5.91 Å². The number of amides is 1. The highest BCUT2D eigenvalue weighted by molar-refractivity contribution is 7.89. The predicted octanol–water partition coefficient (Wildman–Crippen LogP) is 4.23. The van der Waals surface area contributed by atoms with E-state index in [0.717, 1.165) is 24.0 Å². The fourth-order valence-electron chi connectivity index (χ4n) is 4.31. The second kappa shape index (κ2) is 10.6. The summed E-state index contributed by atoms with van der Waals surface area (Å²) < 4.78 is 34.3. The van der Waals surface area contributed by atoms with E-state index in [9.17, 15) is 18.3 Å². The molecule has 2 atom stereocenters. The maximum Gasteiger partial charge on any atom is 0.255 e. The van der Waals surface area contributed by atoms with Crippen LogP contribution in [0.5, 0.6) is 5.75 Å². The topological polar surface area (TPSA) is 105 Å². The highest BCUT2D eigenvalue weighted by Gasteiger charge is 2.31. The second-order valence-corrected chi connectivity index (χ2v) is 10.4. The Hall–Kier alpha value is -3.20. The van der Waals surface area contributed by atoms with E-state index in [1.807, 2.05) is 13.0 Å². The zero-order valence-electron chi connectivity index (χ0n) is 19.8. The average Bonchev–Trinajstić information content (AvgIpc) is 3.02. The Bertz CT molecular complexity index is 1310. The van der Waals surface area contributed by atoms with Crippen molar-refractivity contribution < 1.29 is 23.1 Å². The number of sulfonamides is 1. The van der Waals surface area contributed by atoms with Crippen molar-refractivity contribution >= 4 is 21.6 Å². The third kappa shape index (κ3) is 5.73. The monoisotopic (exact) mass is 494 g/mol. The molecule has 0 aliphatic heterocycles. The number of methoxy groups -OCH3 is 1. The van der Waals surface area contributed by atoms with E-state index in [2.05, 4.69) is 10.0 Å². The summed E-state index contributed by atoms with van der Waals surface area (Å²) in [5.41, 5.74) is 3.59. The predicted molar refractivity (Wildman–Crippen MR) is 135 cm³/mol. The number of nitrogens with one attached hydrogen (secondary N) is 2. The molecule has 0 saturated heterocycles. The summed E-state index contributed by atoms with van der Waals surface area (Å²) in [6.07, 6.45) is 1.81. The van der Waals surface area contributed by atoms with Crippen LogP contribution in [0.4, 0.5) is 5.69 Å². The second-order valence-electron chi connectivity index (χ2n) is 8.66. The molecule has 3 aromatic rings. The minimum Gasteiger partial charge on any atom is -0.497 e. The maximum atomic E-state index is 13.2. The Morgan fingerprint density at radius 3 is 2.57 bits per heavy atom. The number of benzene rings is 3. The number of aryl methyl sites for hydroxylation is 2. The Morgan fingerprint density at radius 2 is 1.86 bits per heavy atom. The number of hydrogen-bond acceptors (Lipinski definition) is 5. The quantitative estimate of drug-likeness (QED) is 0.427. The van der Waals surface area contributed by atoms with Gasteiger partial charge in [-0.05, 0) is 84.8 Å². The van der Waals surface area contributed by atoms with Gasteiger partial charge < -0.3 is 15.2 Å². The molecule has 0 fully saturated rings. The first-order valence-electron chi connectivity index (χ1n) is 11.7. The highest BCUT2D eigenvalue weighted by atomic mass is 32.2. The molecule has 184 valence electrons. The fraction of sp³-hybridized carbons (Fsp3) is 0.296. The molecular weight excluding hydrogens is 464 g/mol. The number of rotatable bonds is 7. The summed E-state index contributed by atoms with van der Waals surface area (Å²) in [5, 5.41) is 13.7. The van der Waals surface area contributed by atoms with E-state index in [-0.39, 0.29) is 10.8 Å².